The first-order valence-electron chi connectivity index (χ1n) is 8.70. The largest absolute Gasteiger partial charge is 0.378 e. The monoisotopic (exact) mass is 294 g/mol. The van der Waals surface area contributed by atoms with E-state index in [0.29, 0.717) is 29.0 Å². The first kappa shape index (κ1) is 17.0. The first-order valence-corrected chi connectivity index (χ1v) is 8.70. The lowest BCUT2D eigenvalue weighted by Crippen LogP contribution is -2.58. The Morgan fingerprint density at radius 1 is 1.14 bits per heavy atom. The lowest BCUT2D eigenvalue weighted by Gasteiger charge is -2.62. The molecule has 0 aliphatic heterocycles. The fourth-order valence-electron chi connectivity index (χ4n) is 5.83. The zero-order valence-electron chi connectivity index (χ0n) is 14.9. The van der Waals surface area contributed by atoms with Gasteiger partial charge in [0.1, 0.15) is 5.78 Å². The number of Topliss-reactive ketones (excluding diaryl/α,β-unsaturated/α-hetero) is 1. The Labute approximate surface area is 131 Å². The summed E-state index contributed by atoms with van der Waals surface area (Å²) in [5.41, 5.74) is 0.685. The second-order valence-corrected chi connectivity index (χ2v) is 8.75. The third-order valence-corrected chi connectivity index (χ3v) is 6.99. The van der Waals surface area contributed by atoms with Gasteiger partial charge in [-0.2, -0.15) is 0 Å². The van der Waals surface area contributed by atoms with Crippen molar-refractivity contribution >= 4 is 5.78 Å². The van der Waals surface area contributed by atoms with Gasteiger partial charge in [-0.3, -0.25) is 0 Å². The number of methoxy groups -OCH3 is 1. The van der Waals surface area contributed by atoms with E-state index in [1.54, 1.807) is 6.92 Å². The highest BCUT2D eigenvalue weighted by molar-refractivity contribution is 5.75. The maximum absolute atomic E-state index is 11.5. The van der Waals surface area contributed by atoms with Crippen molar-refractivity contribution in [2.24, 2.45) is 22.7 Å². The smallest absolute Gasteiger partial charge is 0.129 e. The summed E-state index contributed by atoms with van der Waals surface area (Å²) in [7, 11) is 1.86. The summed E-state index contributed by atoms with van der Waals surface area (Å²) in [6.45, 7) is 11.4. The molecule has 2 fully saturated rings. The Morgan fingerprint density at radius 2 is 1.81 bits per heavy atom. The summed E-state index contributed by atoms with van der Waals surface area (Å²) in [5, 5.41) is 0. The molecule has 2 saturated carbocycles. The minimum atomic E-state index is -0.0614. The number of ketones is 1. The molecule has 0 aromatic heterocycles. The molecule has 4 atom stereocenters. The number of rotatable bonds is 4. The van der Waals surface area contributed by atoms with E-state index in [1.807, 2.05) is 7.11 Å². The average Bonchev–Trinajstić information content (AvgIpc) is 2.36. The van der Waals surface area contributed by atoms with E-state index in [1.165, 1.54) is 25.7 Å². The molecular formula is C19H34O2. The van der Waals surface area contributed by atoms with Gasteiger partial charge in [-0.25, -0.2) is 0 Å². The summed E-state index contributed by atoms with van der Waals surface area (Å²) < 4.78 is 5.99. The van der Waals surface area contributed by atoms with Crippen LogP contribution in [0, 0.1) is 22.7 Å². The van der Waals surface area contributed by atoms with Crippen molar-refractivity contribution in [3.05, 3.63) is 0 Å². The Bertz CT molecular complexity index is 400. The highest BCUT2D eigenvalue weighted by Crippen LogP contribution is 2.63. The molecule has 4 unspecified atom stereocenters. The van der Waals surface area contributed by atoms with Gasteiger partial charge in [0.2, 0.25) is 0 Å². The molecule has 0 amide bonds. The highest BCUT2D eigenvalue weighted by atomic mass is 16.5. The molecule has 2 aliphatic carbocycles. The van der Waals surface area contributed by atoms with Crippen LogP contribution in [0.2, 0.25) is 0 Å². The molecule has 2 aliphatic rings. The van der Waals surface area contributed by atoms with Crippen molar-refractivity contribution in [3.8, 4) is 0 Å². The van der Waals surface area contributed by atoms with Crippen LogP contribution in [0.1, 0.15) is 79.6 Å². The second kappa shape index (κ2) is 5.68. The van der Waals surface area contributed by atoms with E-state index in [2.05, 4.69) is 27.7 Å². The van der Waals surface area contributed by atoms with Gasteiger partial charge in [-0.1, -0.05) is 27.2 Å². The molecule has 0 N–H and O–H groups in total. The lowest BCUT2D eigenvalue weighted by molar-refractivity contribution is -0.182. The Kier molecular flexibility index (Phi) is 4.60. The van der Waals surface area contributed by atoms with E-state index in [0.717, 1.165) is 18.8 Å². The maximum Gasteiger partial charge on any atom is 0.129 e. The van der Waals surface area contributed by atoms with Crippen LogP contribution in [-0.2, 0) is 9.53 Å². The first-order chi connectivity index (χ1) is 9.66. The van der Waals surface area contributed by atoms with E-state index in [4.69, 9.17) is 4.74 Å². The van der Waals surface area contributed by atoms with Crippen molar-refractivity contribution in [1.82, 2.24) is 0 Å². The number of fused-ring (bicyclic) bond motifs is 1. The van der Waals surface area contributed by atoms with Gasteiger partial charge in [-0.15, -0.1) is 0 Å². The predicted molar refractivity (Wildman–Crippen MR) is 87.3 cm³/mol. The molecule has 122 valence electrons. The SMILES string of the molecule is COC1(C)CCC2C(C)(C)CCCC2(C)C1CCC(C)=O. The van der Waals surface area contributed by atoms with Crippen LogP contribution in [-0.4, -0.2) is 18.5 Å². The van der Waals surface area contributed by atoms with Crippen LogP contribution >= 0.6 is 0 Å². The zero-order chi connectivity index (χ0) is 15.9. The predicted octanol–water partition coefficient (Wildman–Crippen LogP) is 5.00. The maximum atomic E-state index is 11.5. The van der Waals surface area contributed by atoms with E-state index in [-0.39, 0.29) is 5.60 Å². The molecule has 0 aromatic rings. The van der Waals surface area contributed by atoms with E-state index >= 15 is 0 Å². The molecule has 21 heavy (non-hydrogen) atoms. The molecule has 0 aromatic carbocycles. The second-order valence-electron chi connectivity index (χ2n) is 8.75. The fourth-order valence-corrected chi connectivity index (χ4v) is 5.83. The fraction of sp³-hybridized carbons (Fsp3) is 0.947. The van der Waals surface area contributed by atoms with Crippen LogP contribution in [0.25, 0.3) is 0 Å². The van der Waals surface area contributed by atoms with Gasteiger partial charge in [0, 0.05) is 13.5 Å². The molecule has 0 heterocycles. The van der Waals surface area contributed by atoms with Gasteiger partial charge < -0.3 is 9.53 Å². The van der Waals surface area contributed by atoms with Gasteiger partial charge in [0.15, 0.2) is 0 Å². The standard InChI is InChI=1S/C19H34O2/c1-14(20)8-9-16-18(4)12-7-11-17(2,3)15(18)10-13-19(16,5)21-6/h15-16H,7-13H2,1-6H3. The Balaban J connectivity index is 2.34. The number of ether oxygens (including phenoxy) is 1. The molecule has 0 saturated heterocycles. The van der Waals surface area contributed by atoms with Crippen LogP contribution < -0.4 is 0 Å². The summed E-state index contributed by atoms with van der Waals surface area (Å²) in [4.78, 5) is 11.5. The third-order valence-electron chi connectivity index (χ3n) is 6.99. The molecule has 2 heteroatoms. The van der Waals surface area contributed by atoms with Gasteiger partial charge in [-0.05, 0) is 68.6 Å². The van der Waals surface area contributed by atoms with Crippen molar-refractivity contribution in [1.29, 1.82) is 0 Å². The van der Waals surface area contributed by atoms with Gasteiger partial charge in [0.05, 0.1) is 5.60 Å². The van der Waals surface area contributed by atoms with E-state index in [9.17, 15) is 4.79 Å². The van der Waals surface area contributed by atoms with E-state index < -0.39 is 0 Å². The topological polar surface area (TPSA) is 26.3 Å². The number of carbonyl (C=O) groups excluding carboxylic acids is 1. The molecule has 0 bridgehead atoms. The molecule has 0 radical (unpaired) electrons. The number of hydrogen-bond acceptors (Lipinski definition) is 2. The molecule has 0 spiro atoms. The number of carbonyl (C=O) groups is 1. The van der Waals surface area contributed by atoms with Crippen molar-refractivity contribution < 1.29 is 9.53 Å². The van der Waals surface area contributed by atoms with Crippen LogP contribution in [0.5, 0.6) is 0 Å². The van der Waals surface area contributed by atoms with Crippen molar-refractivity contribution in [3.63, 3.8) is 0 Å². The van der Waals surface area contributed by atoms with Crippen molar-refractivity contribution in [2.75, 3.05) is 7.11 Å². The van der Waals surface area contributed by atoms with Crippen molar-refractivity contribution in [2.45, 2.75) is 85.2 Å². The van der Waals surface area contributed by atoms with Gasteiger partial charge >= 0.3 is 0 Å². The third kappa shape index (κ3) is 2.93. The summed E-state index contributed by atoms with van der Waals surface area (Å²) >= 11 is 0. The van der Waals surface area contributed by atoms with Crippen LogP contribution in [0.15, 0.2) is 0 Å². The molecule has 2 rings (SSSR count). The Hall–Kier alpha value is -0.370. The van der Waals surface area contributed by atoms with Gasteiger partial charge in [0.25, 0.3) is 0 Å². The Morgan fingerprint density at radius 3 is 2.38 bits per heavy atom. The minimum absolute atomic E-state index is 0.0614. The van der Waals surface area contributed by atoms with Crippen LogP contribution in [0.4, 0.5) is 0 Å². The quantitative estimate of drug-likeness (QED) is 0.729. The minimum Gasteiger partial charge on any atom is -0.378 e. The normalized spacial score (nSPS) is 42.4. The zero-order valence-corrected chi connectivity index (χ0v) is 14.9. The number of hydrogen-bond donors (Lipinski definition) is 0. The summed E-state index contributed by atoms with van der Waals surface area (Å²) in [6.07, 6.45) is 8.05. The highest BCUT2D eigenvalue weighted by Gasteiger charge is 2.58. The average molecular weight is 294 g/mol. The summed E-state index contributed by atoms with van der Waals surface area (Å²) in [5.74, 6) is 1.57. The molecule has 2 nitrogen and oxygen atoms in total. The lowest BCUT2D eigenvalue weighted by atomic mass is 9.45. The van der Waals surface area contributed by atoms with Crippen LogP contribution in [0.3, 0.4) is 0 Å². The summed E-state index contributed by atoms with van der Waals surface area (Å²) in [6, 6.07) is 0. The molecular weight excluding hydrogens is 260 g/mol.